The number of fused-ring (bicyclic) bond motifs is 3. The first-order chi connectivity index (χ1) is 15.9. The third kappa shape index (κ3) is 3.47. The summed E-state index contributed by atoms with van der Waals surface area (Å²) in [4.78, 5) is 12.7. The summed E-state index contributed by atoms with van der Waals surface area (Å²) in [5.74, 6) is 1.30. The second kappa shape index (κ2) is 8.20. The van der Waals surface area contributed by atoms with Gasteiger partial charge >= 0.3 is 0 Å². The fraction of sp³-hybridized carbons (Fsp3) is 0.962. The molecule has 0 aromatic rings. The molecule has 1 saturated heterocycles. The van der Waals surface area contributed by atoms with Crippen molar-refractivity contribution in [3.8, 4) is 0 Å². The van der Waals surface area contributed by atoms with Gasteiger partial charge in [-0.15, -0.1) is 0 Å². The summed E-state index contributed by atoms with van der Waals surface area (Å²) in [6.07, 6.45) is 0.439. The zero-order valence-corrected chi connectivity index (χ0v) is 20.7. The Bertz CT molecular complexity index is 815. The number of aliphatic hydroxyl groups excluding tert-OH is 4. The fourth-order valence-corrected chi connectivity index (χ4v) is 9.25. The molecule has 11 atom stereocenters. The predicted molar refractivity (Wildman–Crippen MR) is 121 cm³/mol. The molecule has 0 radical (unpaired) electrons. The Morgan fingerprint density at radius 3 is 2.44 bits per heavy atom. The maximum atomic E-state index is 12.7. The molecule has 0 aromatic heterocycles. The Hall–Kier alpha value is -0.610. The molecular formula is C26H42O8. The summed E-state index contributed by atoms with van der Waals surface area (Å²) in [5.41, 5.74) is -1.24. The smallest absolute Gasteiger partial charge is 0.186 e. The standard InChI is InChI=1S/C26H42O8/c1-23(2)16-6-9-25-10-14(4-5-17(25)24(16,3)8-7-18(23)28)26(32,12-25)13-33-22-21(31)20(30)19(29)15(11-27)34-22/h14-17,19-22,27,29-32H,4-13H2,1-3H3/t14-,15+,16-,17+,19+,20-,21+,22+,24-,25+,26+/m0/s1. The molecule has 4 saturated carbocycles. The summed E-state index contributed by atoms with van der Waals surface area (Å²) >= 11 is 0. The van der Waals surface area contributed by atoms with Crippen LogP contribution in [0, 0.1) is 34.0 Å². The summed E-state index contributed by atoms with van der Waals surface area (Å²) in [6, 6.07) is 0. The molecule has 2 bridgehead atoms. The topological polar surface area (TPSA) is 137 Å². The lowest BCUT2D eigenvalue weighted by Gasteiger charge is -2.63. The summed E-state index contributed by atoms with van der Waals surface area (Å²) < 4.78 is 11.3. The van der Waals surface area contributed by atoms with Crippen LogP contribution in [0.15, 0.2) is 0 Å². The minimum Gasteiger partial charge on any atom is -0.394 e. The Labute approximate surface area is 201 Å². The summed E-state index contributed by atoms with van der Waals surface area (Å²) in [6.45, 7) is 6.10. The average Bonchev–Trinajstić information content (AvgIpc) is 2.99. The van der Waals surface area contributed by atoms with Gasteiger partial charge in [0.25, 0.3) is 0 Å². The summed E-state index contributed by atoms with van der Waals surface area (Å²) in [5, 5.41) is 51.6. The van der Waals surface area contributed by atoms with Gasteiger partial charge < -0.3 is 35.0 Å². The van der Waals surface area contributed by atoms with Crippen molar-refractivity contribution >= 4 is 5.78 Å². The third-order valence-electron chi connectivity index (χ3n) is 11.0. The van der Waals surface area contributed by atoms with Crippen molar-refractivity contribution in [3.63, 3.8) is 0 Å². The van der Waals surface area contributed by atoms with E-state index in [0.717, 1.165) is 38.5 Å². The quantitative estimate of drug-likeness (QED) is 0.402. The van der Waals surface area contributed by atoms with Crippen molar-refractivity contribution in [3.05, 3.63) is 0 Å². The zero-order valence-electron chi connectivity index (χ0n) is 20.7. The van der Waals surface area contributed by atoms with E-state index in [-0.39, 0.29) is 28.8 Å². The molecule has 5 rings (SSSR count). The summed E-state index contributed by atoms with van der Waals surface area (Å²) in [7, 11) is 0. The molecule has 1 heterocycles. The first-order valence-electron chi connectivity index (χ1n) is 13.1. The Morgan fingerprint density at radius 2 is 1.74 bits per heavy atom. The van der Waals surface area contributed by atoms with Crippen LogP contribution in [-0.2, 0) is 14.3 Å². The van der Waals surface area contributed by atoms with Crippen LogP contribution in [0.25, 0.3) is 0 Å². The minimum absolute atomic E-state index is 0.0259. The van der Waals surface area contributed by atoms with Crippen LogP contribution in [0.3, 0.4) is 0 Å². The van der Waals surface area contributed by atoms with E-state index < -0.39 is 42.9 Å². The van der Waals surface area contributed by atoms with E-state index >= 15 is 0 Å². The van der Waals surface area contributed by atoms with E-state index in [9.17, 15) is 30.3 Å². The van der Waals surface area contributed by atoms with Gasteiger partial charge in [0, 0.05) is 11.8 Å². The van der Waals surface area contributed by atoms with Gasteiger partial charge in [0.05, 0.1) is 18.8 Å². The molecular weight excluding hydrogens is 440 g/mol. The van der Waals surface area contributed by atoms with Gasteiger partial charge in [0.15, 0.2) is 6.29 Å². The highest BCUT2D eigenvalue weighted by atomic mass is 16.7. The van der Waals surface area contributed by atoms with Crippen LogP contribution in [0.2, 0.25) is 0 Å². The zero-order chi connectivity index (χ0) is 24.7. The van der Waals surface area contributed by atoms with Crippen LogP contribution in [0.1, 0.15) is 72.1 Å². The molecule has 0 aromatic carbocycles. The highest BCUT2D eigenvalue weighted by Crippen LogP contribution is 2.72. The molecule has 1 spiro atoms. The maximum Gasteiger partial charge on any atom is 0.186 e. The van der Waals surface area contributed by atoms with E-state index in [1.54, 1.807) is 0 Å². The first-order valence-corrected chi connectivity index (χ1v) is 13.1. The molecule has 8 nitrogen and oxygen atoms in total. The normalized spacial score (nSPS) is 54.4. The third-order valence-corrected chi connectivity index (χ3v) is 11.0. The number of carbonyl (C=O) groups excluding carboxylic acids is 1. The highest BCUT2D eigenvalue weighted by molar-refractivity contribution is 5.85. The number of aliphatic hydroxyl groups is 5. The van der Waals surface area contributed by atoms with Crippen molar-refractivity contribution in [2.75, 3.05) is 13.2 Å². The van der Waals surface area contributed by atoms with E-state index in [1.807, 2.05) is 0 Å². The molecule has 4 aliphatic carbocycles. The Morgan fingerprint density at radius 1 is 1.00 bits per heavy atom. The van der Waals surface area contributed by atoms with Crippen molar-refractivity contribution < 1.29 is 39.8 Å². The lowest BCUT2D eigenvalue weighted by Crippen LogP contribution is -2.59. The van der Waals surface area contributed by atoms with Gasteiger partial charge in [-0.25, -0.2) is 0 Å². The second-order valence-electron chi connectivity index (χ2n) is 12.9. The molecule has 0 amide bonds. The van der Waals surface area contributed by atoms with Crippen LogP contribution in [0.5, 0.6) is 0 Å². The largest absolute Gasteiger partial charge is 0.394 e. The van der Waals surface area contributed by atoms with Crippen LogP contribution >= 0.6 is 0 Å². The highest BCUT2D eigenvalue weighted by Gasteiger charge is 2.68. The van der Waals surface area contributed by atoms with Gasteiger partial charge in [-0.3, -0.25) is 4.79 Å². The van der Waals surface area contributed by atoms with Crippen molar-refractivity contribution in [2.24, 2.45) is 34.0 Å². The number of ketones is 1. The van der Waals surface area contributed by atoms with Crippen molar-refractivity contribution in [2.45, 2.75) is 108 Å². The Balaban J connectivity index is 1.33. The van der Waals surface area contributed by atoms with E-state index in [0.29, 0.717) is 30.5 Å². The number of ether oxygens (including phenoxy) is 2. The lowest BCUT2D eigenvalue weighted by molar-refractivity contribution is -0.310. The molecule has 34 heavy (non-hydrogen) atoms. The molecule has 5 fully saturated rings. The first kappa shape index (κ1) is 25.1. The molecule has 0 unspecified atom stereocenters. The molecule has 8 heteroatoms. The van der Waals surface area contributed by atoms with Gasteiger partial charge in [0.2, 0.25) is 0 Å². The number of rotatable bonds is 4. The van der Waals surface area contributed by atoms with Gasteiger partial charge in [0.1, 0.15) is 30.2 Å². The van der Waals surface area contributed by atoms with Crippen molar-refractivity contribution in [1.29, 1.82) is 0 Å². The molecule has 5 aliphatic rings. The fourth-order valence-electron chi connectivity index (χ4n) is 9.25. The minimum atomic E-state index is -1.50. The van der Waals surface area contributed by atoms with E-state index in [4.69, 9.17) is 9.47 Å². The second-order valence-corrected chi connectivity index (χ2v) is 12.9. The van der Waals surface area contributed by atoms with Crippen molar-refractivity contribution in [1.82, 2.24) is 0 Å². The molecule has 194 valence electrons. The van der Waals surface area contributed by atoms with Crippen LogP contribution < -0.4 is 0 Å². The monoisotopic (exact) mass is 482 g/mol. The van der Waals surface area contributed by atoms with Crippen LogP contribution in [-0.4, -0.2) is 80.8 Å². The van der Waals surface area contributed by atoms with E-state index in [2.05, 4.69) is 20.8 Å². The number of hydrogen-bond donors (Lipinski definition) is 5. The van der Waals surface area contributed by atoms with Gasteiger partial charge in [-0.1, -0.05) is 20.8 Å². The van der Waals surface area contributed by atoms with E-state index in [1.165, 1.54) is 0 Å². The Kier molecular flexibility index (Phi) is 6.04. The number of Topliss-reactive ketones (excluding diaryl/α,β-unsaturated/α-hetero) is 1. The number of hydrogen-bond acceptors (Lipinski definition) is 8. The lowest BCUT2D eigenvalue weighted by atomic mass is 9.41. The maximum absolute atomic E-state index is 12.7. The van der Waals surface area contributed by atoms with Gasteiger partial charge in [-0.05, 0) is 73.5 Å². The SMILES string of the molecule is CC1(C)C(=O)CC[C@@]2(C)[C@H]1CC[C@]13C[C@H](CC[C@@H]12)[C@](O)(CO[C@@H]1O[C@H](CO)[C@@H](O)[C@H](O)[C@H]1O)C3. The average molecular weight is 483 g/mol. The van der Waals surface area contributed by atoms with Gasteiger partial charge in [-0.2, -0.15) is 0 Å². The molecule has 1 aliphatic heterocycles. The van der Waals surface area contributed by atoms with Crippen LogP contribution in [0.4, 0.5) is 0 Å². The molecule has 5 N–H and O–H groups in total. The number of carbonyl (C=O) groups is 1. The predicted octanol–water partition coefficient (Wildman–Crippen LogP) is 1.15.